The van der Waals surface area contributed by atoms with Crippen LogP contribution in [-0.4, -0.2) is 88.2 Å². The number of rotatable bonds is 7. The van der Waals surface area contributed by atoms with Gasteiger partial charge in [0.2, 0.25) is 17.7 Å². The van der Waals surface area contributed by atoms with Gasteiger partial charge >= 0.3 is 0 Å². The summed E-state index contributed by atoms with van der Waals surface area (Å²) < 4.78 is 16.1. The Morgan fingerprint density at radius 2 is 1.86 bits per heavy atom. The molecule has 9 heteroatoms. The number of likely N-dealkylation sites (N-methyl/N-ethyl adjacent to an activating group) is 1. The second-order valence-electron chi connectivity index (χ2n) is 7.41. The van der Waals surface area contributed by atoms with E-state index in [2.05, 4.69) is 0 Å². The molecule has 0 saturated carbocycles. The van der Waals surface area contributed by atoms with E-state index in [0.717, 1.165) is 0 Å². The van der Waals surface area contributed by atoms with Crippen molar-refractivity contribution in [1.82, 2.24) is 9.80 Å². The lowest BCUT2D eigenvalue weighted by molar-refractivity contribution is -0.153. The molecule has 2 aliphatic heterocycles. The molecule has 0 radical (unpaired) electrons. The summed E-state index contributed by atoms with van der Waals surface area (Å²) in [7, 11) is 6.43. The van der Waals surface area contributed by atoms with E-state index >= 15 is 0 Å². The van der Waals surface area contributed by atoms with Crippen LogP contribution < -0.4 is 14.4 Å². The van der Waals surface area contributed by atoms with Gasteiger partial charge < -0.3 is 28.9 Å². The summed E-state index contributed by atoms with van der Waals surface area (Å²) in [5, 5.41) is 0. The van der Waals surface area contributed by atoms with Crippen molar-refractivity contribution in [2.75, 3.05) is 59.5 Å². The minimum atomic E-state index is -0.414. The molecule has 0 bridgehead atoms. The fourth-order valence-corrected chi connectivity index (χ4v) is 3.41. The number of amides is 3. The first-order chi connectivity index (χ1) is 13.8. The fourth-order valence-electron chi connectivity index (χ4n) is 3.41. The second kappa shape index (κ2) is 8.69. The zero-order chi connectivity index (χ0) is 21.1. The molecule has 29 heavy (non-hydrogen) atoms. The number of carbonyl (C=O) groups excluding carboxylic acids is 3. The highest BCUT2D eigenvalue weighted by molar-refractivity contribution is 6.01. The third-order valence-electron chi connectivity index (χ3n) is 5.25. The first-order valence-corrected chi connectivity index (χ1v) is 9.47. The highest BCUT2D eigenvalue weighted by Crippen LogP contribution is 2.36. The molecule has 158 valence electrons. The minimum Gasteiger partial charge on any atom is -0.497 e. The van der Waals surface area contributed by atoms with Crippen molar-refractivity contribution in [1.29, 1.82) is 0 Å². The zero-order valence-electron chi connectivity index (χ0n) is 17.2. The molecule has 9 nitrogen and oxygen atoms in total. The van der Waals surface area contributed by atoms with E-state index in [1.165, 1.54) is 12.0 Å². The van der Waals surface area contributed by atoms with Crippen molar-refractivity contribution in [3.05, 3.63) is 18.2 Å². The highest BCUT2D eigenvalue weighted by Gasteiger charge is 2.42. The molecule has 0 unspecified atom stereocenters. The summed E-state index contributed by atoms with van der Waals surface area (Å²) in [6, 6.07) is 5.23. The summed E-state index contributed by atoms with van der Waals surface area (Å²) in [5.74, 6) is 0.441. The SMILES string of the molecule is COc1ccc(OC)c(N2C[C@@H](C(=O)N3CC(OCC(=O)N(C)C)C3)CC2=O)c1. The normalized spacial score (nSPS) is 19.2. The molecule has 3 rings (SSSR count). The van der Waals surface area contributed by atoms with Crippen LogP contribution in [0.15, 0.2) is 18.2 Å². The Kier molecular flexibility index (Phi) is 6.26. The predicted octanol–water partition coefficient (Wildman–Crippen LogP) is 0.372. The molecule has 0 aromatic heterocycles. The number of anilines is 1. The number of likely N-dealkylation sites (tertiary alicyclic amines) is 1. The first kappa shape index (κ1) is 20.9. The monoisotopic (exact) mass is 405 g/mol. The Hall–Kier alpha value is -2.81. The van der Waals surface area contributed by atoms with Gasteiger partial charge in [0.15, 0.2) is 0 Å². The molecule has 2 heterocycles. The van der Waals surface area contributed by atoms with Gasteiger partial charge in [-0.15, -0.1) is 0 Å². The number of nitrogens with zero attached hydrogens (tertiary/aromatic N) is 3. The van der Waals surface area contributed by atoms with Crippen LogP contribution in [0, 0.1) is 5.92 Å². The van der Waals surface area contributed by atoms with Crippen LogP contribution in [0.4, 0.5) is 5.69 Å². The standard InChI is InChI=1S/C20H27N3O6/c1-21(2)19(25)12-29-15-10-22(11-15)20(26)13-7-18(24)23(9-13)16-8-14(27-3)5-6-17(16)28-4/h5-6,8,13,15H,7,9-12H2,1-4H3/t13-/m0/s1. The highest BCUT2D eigenvalue weighted by atomic mass is 16.5. The Morgan fingerprint density at radius 3 is 2.48 bits per heavy atom. The van der Waals surface area contributed by atoms with Gasteiger partial charge in [-0.1, -0.05) is 0 Å². The summed E-state index contributed by atoms with van der Waals surface area (Å²) in [6.07, 6.45) is 0.00916. The minimum absolute atomic E-state index is 0.00498. The van der Waals surface area contributed by atoms with E-state index in [-0.39, 0.29) is 36.9 Å². The van der Waals surface area contributed by atoms with Gasteiger partial charge in [-0.25, -0.2) is 0 Å². The largest absolute Gasteiger partial charge is 0.497 e. The zero-order valence-corrected chi connectivity index (χ0v) is 17.2. The summed E-state index contributed by atoms with van der Waals surface area (Å²) in [5.41, 5.74) is 0.596. The Balaban J connectivity index is 1.57. The smallest absolute Gasteiger partial charge is 0.248 e. The van der Waals surface area contributed by atoms with Crippen LogP contribution in [0.2, 0.25) is 0 Å². The summed E-state index contributed by atoms with van der Waals surface area (Å²) in [6.45, 7) is 1.17. The van der Waals surface area contributed by atoms with E-state index in [1.54, 1.807) is 49.2 Å². The molecule has 3 amide bonds. The predicted molar refractivity (Wildman–Crippen MR) is 105 cm³/mol. The molecular formula is C20H27N3O6. The maximum Gasteiger partial charge on any atom is 0.248 e. The molecule has 1 aromatic rings. The molecule has 0 N–H and O–H groups in total. The van der Waals surface area contributed by atoms with E-state index < -0.39 is 5.92 Å². The molecule has 0 spiro atoms. The van der Waals surface area contributed by atoms with Gasteiger partial charge in [-0.2, -0.15) is 0 Å². The lowest BCUT2D eigenvalue weighted by Gasteiger charge is -2.40. The Bertz CT molecular complexity index is 790. The number of benzene rings is 1. The van der Waals surface area contributed by atoms with Crippen molar-refractivity contribution in [2.24, 2.45) is 5.92 Å². The average molecular weight is 405 g/mol. The van der Waals surface area contributed by atoms with Crippen LogP contribution in [-0.2, 0) is 19.1 Å². The lowest BCUT2D eigenvalue weighted by atomic mass is 10.0. The van der Waals surface area contributed by atoms with Crippen LogP contribution in [0.25, 0.3) is 0 Å². The van der Waals surface area contributed by atoms with Crippen molar-refractivity contribution in [3.63, 3.8) is 0 Å². The topological polar surface area (TPSA) is 88.6 Å². The van der Waals surface area contributed by atoms with Gasteiger partial charge in [0.25, 0.3) is 0 Å². The summed E-state index contributed by atoms with van der Waals surface area (Å²) in [4.78, 5) is 41.7. The number of hydrogen-bond donors (Lipinski definition) is 0. The van der Waals surface area contributed by atoms with E-state index in [0.29, 0.717) is 36.8 Å². The third-order valence-corrected chi connectivity index (χ3v) is 5.25. The van der Waals surface area contributed by atoms with Gasteiger partial charge in [-0.3, -0.25) is 14.4 Å². The fraction of sp³-hybridized carbons (Fsp3) is 0.550. The van der Waals surface area contributed by atoms with Crippen LogP contribution in [0.5, 0.6) is 11.5 Å². The van der Waals surface area contributed by atoms with Crippen molar-refractivity contribution in [3.8, 4) is 11.5 Å². The maximum absolute atomic E-state index is 12.8. The Labute approximate surface area is 170 Å². The van der Waals surface area contributed by atoms with E-state index in [9.17, 15) is 14.4 Å². The van der Waals surface area contributed by atoms with Crippen molar-refractivity contribution < 1.29 is 28.6 Å². The molecule has 0 aliphatic carbocycles. The maximum atomic E-state index is 12.8. The number of ether oxygens (including phenoxy) is 3. The summed E-state index contributed by atoms with van der Waals surface area (Å²) >= 11 is 0. The third kappa shape index (κ3) is 4.45. The van der Waals surface area contributed by atoms with Crippen molar-refractivity contribution in [2.45, 2.75) is 12.5 Å². The average Bonchev–Trinajstić information content (AvgIpc) is 3.07. The van der Waals surface area contributed by atoms with Crippen LogP contribution >= 0.6 is 0 Å². The molecule has 2 fully saturated rings. The van der Waals surface area contributed by atoms with Crippen LogP contribution in [0.1, 0.15) is 6.42 Å². The molecular weight excluding hydrogens is 378 g/mol. The van der Waals surface area contributed by atoms with Crippen LogP contribution in [0.3, 0.4) is 0 Å². The van der Waals surface area contributed by atoms with Crippen molar-refractivity contribution >= 4 is 23.4 Å². The Morgan fingerprint density at radius 1 is 1.14 bits per heavy atom. The lowest BCUT2D eigenvalue weighted by Crippen LogP contribution is -2.57. The first-order valence-electron chi connectivity index (χ1n) is 9.47. The molecule has 1 aromatic carbocycles. The van der Waals surface area contributed by atoms with Gasteiger partial charge in [0.1, 0.15) is 18.1 Å². The van der Waals surface area contributed by atoms with Gasteiger partial charge in [-0.05, 0) is 12.1 Å². The van der Waals surface area contributed by atoms with Gasteiger partial charge in [0, 0.05) is 46.2 Å². The molecule has 2 saturated heterocycles. The number of methoxy groups -OCH3 is 2. The molecule has 1 atom stereocenters. The number of hydrogen-bond acceptors (Lipinski definition) is 6. The molecule has 2 aliphatic rings. The van der Waals surface area contributed by atoms with Gasteiger partial charge in [0.05, 0.1) is 31.9 Å². The quantitative estimate of drug-likeness (QED) is 0.651. The second-order valence-corrected chi connectivity index (χ2v) is 7.41. The van der Waals surface area contributed by atoms with E-state index in [1.807, 2.05) is 0 Å². The number of carbonyl (C=O) groups is 3. The van der Waals surface area contributed by atoms with E-state index in [4.69, 9.17) is 14.2 Å².